The number of hydrogen-bond donors (Lipinski definition) is 1. The van der Waals surface area contributed by atoms with E-state index < -0.39 is 10.1 Å². The van der Waals surface area contributed by atoms with Gasteiger partial charge in [0.1, 0.15) is 16.8 Å². The van der Waals surface area contributed by atoms with Crippen LogP contribution in [-0.4, -0.2) is 25.0 Å². The molecule has 0 aliphatic heterocycles. The summed E-state index contributed by atoms with van der Waals surface area (Å²) in [4.78, 5) is 7.63. The quantitative estimate of drug-likeness (QED) is 0.324. The molecule has 0 atom stereocenters. The Balaban J connectivity index is 1.68. The molecule has 0 aliphatic rings. The van der Waals surface area contributed by atoms with E-state index in [-0.39, 0.29) is 16.4 Å². The number of allylic oxidation sites excluding steroid dienone is 1. The minimum Gasteiger partial charge on any atom is -0.490 e. The van der Waals surface area contributed by atoms with Crippen LogP contribution < -0.4 is 8.92 Å². The Morgan fingerprint density at radius 1 is 1.06 bits per heavy atom. The second-order valence-electron chi connectivity index (χ2n) is 6.76. The third-order valence-corrected chi connectivity index (χ3v) is 5.82. The van der Waals surface area contributed by atoms with E-state index in [1.165, 1.54) is 18.2 Å². The maximum absolute atomic E-state index is 12.6. The van der Waals surface area contributed by atoms with Crippen molar-refractivity contribution in [2.75, 3.05) is 6.61 Å². The number of para-hydroxylation sites is 2. The van der Waals surface area contributed by atoms with Crippen LogP contribution in [0.2, 0.25) is 0 Å². The molecule has 4 rings (SSSR count). The zero-order valence-corrected chi connectivity index (χ0v) is 18.0. The van der Waals surface area contributed by atoms with E-state index >= 15 is 0 Å². The molecule has 0 radical (unpaired) electrons. The third kappa shape index (κ3) is 4.48. The summed E-state index contributed by atoms with van der Waals surface area (Å²) < 4.78 is 36.1. The Hall–Kier alpha value is -4.09. The second kappa shape index (κ2) is 8.96. The molecule has 32 heavy (non-hydrogen) atoms. The van der Waals surface area contributed by atoms with Crippen LogP contribution in [0, 0.1) is 11.3 Å². The average Bonchev–Trinajstić information content (AvgIpc) is 3.24. The van der Waals surface area contributed by atoms with Crippen LogP contribution in [0.5, 0.6) is 11.5 Å². The number of hydrogen-bond acceptors (Lipinski definition) is 6. The smallest absolute Gasteiger partial charge is 0.339 e. The first kappa shape index (κ1) is 21.2. The standard InChI is InChI=1S/C24H19N3O4S/c1-2-30-23-15-17(12-13-22(23)31-32(28,29)19-8-4-3-5-9-19)14-18(16-25)24-26-20-10-6-7-11-21(20)27-24/h3-15H,2H2,1H3,(H,26,27)/b18-14+. The minimum absolute atomic E-state index is 0.0445. The molecular formula is C24H19N3O4S. The molecule has 0 amide bonds. The van der Waals surface area contributed by atoms with E-state index in [9.17, 15) is 13.7 Å². The number of nitriles is 1. The van der Waals surface area contributed by atoms with E-state index in [0.29, 0.717) is 23.6 Å². The number of nitrogens with zero attached hydrogens (tertiary/aromatic N) is 2. The number of rotatable bonds is 7. The molecule has 160 valence electrons. The lowest BCUT2D eigenvalue weighted by atomic mass is 10.1. The summed E-state index contributed by atoms with van der Waals surface area (Å²) in [6.07, 6.45) is 1.65. The monoisotopic (exact) mass is 445 g/mol. The highest BCUT2D eigenvalue weighted by atomic mass is 32.2. The van der Waals surface area contributed by atoms with E-state index in [0.717, 1.165) is 11.0 Å². The predicted molar refractivity (Wildman–Crippen MR) is 121 cm³/mol. The average molecular weight is 446 g/mol. The number of fused-ring (bicyclic) bond motifs is 1. The van der Waals surface area contributed by atoms with Crippen molar-refractivity contribution >= 4 is 32.8 Å². The van der Waals surface area contributed by atoms with Gasteiger partial charge in [0.05, 0.1) is 23.2 Å². The normalized spacial score (nSPS) is 11.8. The maximum atomic E-state index is 12.6. The zero-order chi connectivity index (χ0) is 22.6. The largest absolute Gasteiger partial charge is 0.490 e. The third-order valence-electron chi connectivity index (χ3n) is 4.57. The van der Waals surface area contributed by atoms with Crippen LogP contribution in [0.1, 0.15) is 18.3 Å². The van der Waals surface area contributed by atoms with Gasteiger partial charge in [0.25, 0.3) is 0 Å². The van der Waals surface area contributed by atoms with Crippen LogP contribution in [0.25, 0.3) is 22.7 Å². The molecule has 0 bridgehead atoms. The summed E-state index contributed by atoms with van der Waals surface area (Å²) in [5, 5.41) is 9.66. The number of aromatic nitrogens is 2. The van der Waals surface area contributed by atoms with Gasteiger partial charge in [0, 0.05) is 0 Å². The highest BCUT2D eigenvalue weighted by Gasteiger charge is 2.19. The summed E-state index contributed by atoms with van der Waals surface area (Å²) in [5.74, 6) is 0.761. The van der Waals surface area contributed by atoms with Crippen LogP contribution in [0.15, 0.2) is 77.7 Å². The summed E-state index contributed by atoms with van der Waals surface area (Å²) >= 11 is 0. The molecule has 0 saturated carbocycles. The summed E-state index contributed by atoms with van der Waals surface area (Å²) in [6.45, 7) is 2.09. The lowest BCUT2D eigenvalue weighted by Crippen LogP contribution is -2.10. The van der Waals surface area contributed by atoms with Gasteiger partial charge in [-0.15, -0.1) is 0 Å². The Labute approximate surface area is 185 Å². The molecule has 1 aromatic heterocycles. The number of H-pyrrole nitrogens is 1. The maximum Gasteiger partial charge on any atom is 0.339 e. The lowest BCUT2D eigenvalue weighted by molar-refractivity contribution is 0.327. The van der Waals surface area contributed by atoms with Crippen molar-refractivity contribution < 1.29 is 17.3 Å². The van der Waals surface area contributed by atoms with E-state index in [4.69, 9.17) is 8.92 Å². The molecule has 7 nitrogen and oxygen atoms in total. The summed E-state index contributed by atoms with van der Waals surface area (Å²) in [7, 11) is -4.02. The fraction of sp³-hybridized carbons (Fsp3) is 0.0833. The van der Waals surface area contributed by atoms with Crippen molar-refractivity contribution in [2.24, 2.45) is 0 Å². The molecule has 3 aromatic carbocycles. The number of nitrogens with one attached hydrogen (secondary N) is 1. The van der Waals surface area contributed by atoms with Gasteiger partial charge in [-0.1, -0.05) is 36.4 Å². The van der Waals surface area contributed by atoms with Gasteiger partial charge >= 0.3 is 10.1 Å². The SMILES string of the molecule is CCOc1cc(/C=C(\C#N)c2nc3ccccc3[nH]2)ccc1OS(=O)(=O)c1ccccc1. The van der Waals surface area contributed by atoms with Crippen LogP contribution >= 0.6 is 0 Å². The van der Waals surface area contributed by atoms with E-state index in [1.54, 1.807) is 43.3 Å². The van der Waals surface area contributed by atoms with Gasteiger partial charge in [0.15, 0.2) is 11.5 Å². The lowest BCUT2D eigenvalue weighted by Gasteiger charge is -2.12. The molecule has 1 heterocycles. The Bertz CT molecular complexity index is 1400. The molecule has 8 heteroatoms. The topological polar surface area (TPSA) is 105 Å². The summed E-state index contributed by atoms with van der Waals surface area (Å²) in [5.41, 5.74) is 2.55. The number of aromatic amines is 1. The van der Waals surface area contributed by atoms with Crippen molar-refractivity contribution in [1.82, 2.24) is 9.97 Å². The number of imidazole rings is 1. The minimum atomic E-state index is -4.02. The van der Waals surface area contributed by atoms with Crippen molar-refractivity contribution in [2.45, 2.75) is 11.8 Å². The van der Waals surface area contributed by atoms with Crippen molar-refractivity contribution in [3.8, 4) is 17.6 Å². The Kier molecular flexibility index (Phi) is 5.92. The van der Waals surface area contributed by atoms with Crippen molar-refractivity contribution in [1.29, 1.82) is 5.26 Å². The number of benzene rings is 3. The Morgan fingerprint density at radius 3 is 2.53 bits per heavy atom. The van der Waals surface area contributed by atoms with Crippen LogP contribution in [0.4, 0.5) is 0 Å². The van der Waals surface area contributed by atoms with Gasteiger partial charge in [-0.2, -0.15) is 13.7 Å². The first-order chi connectivity index (χ1) is 15.5. The van der Waals surface area contributed by atoms with Gasteiger partial charge in [-0.25, -0.2) is 4.98 Å². The van der Waals surface area contributed by atoms with E-state index in [2.05, 4.69) is 16.0 Å². The molecule has 0 aliphatic carbocycles. The van der Waals surface area contributed by atoms with Gasteiger partial charge < -0.3 is 13.9 Å². The van der Waals surface area contributed by atoms with Gasteiger partial charge in [-0.05, 0) is 55.0 Å². The molecule has 0 spiro atoms. The zero-order valence-electron chi connectivity index (χ0n) is 17.1. The molecule has 0 unspecified atom stereocenters. The highest BCUT2D eigenvalue weighted by molar-refractivity contribution is 7.87. The molecule has 0 saturated heterocycles. The number of ether oxygens (including phenoxy) is 1. The second-order valence-corrected chi connectivity index (χ2v) is 8.31. The summed E-state index contributed by atoms with van der Waals surface area (Å²) in [6, 6.07) is 22.3. The first-order valence-corrected chi connectivity index (χ1v) is 11.2. The van der Waals surface area contributed by atoms with Crippen molar-refractivity contribution in [3.63, 3.8) is 0 Å². The Morgan fingerprint density at radius 2 is 1.81 bits per heavy atom. The molecule has 0 fully saturated rings. The highest BCUT2D eigenvalue weighted by Crippen LogP contribution is 2.32. The first-order valence-electron chi connectivity index (χ1n) is 9.83. The predicted octanol–water partition coefficient (Wildman–Crippen LogP) is 4.79. The molecular weight excluding hydrogens is 426 g/mol. The van der Waals surface area contributed by atoms with Gasteiger partial charge in [-0.3, -0.25) is 0 Å². The van der Waals surface area contributed by atoms with Gasteiger partial charge in [0.2, 0.25) is 0 Å². The fourth-order valence-corrected chi connectivity index (χ4v) is 4.07. The van der Waals surface area contributed by atoms with Crippen LogP contribution in [-0.2, 0) is 10.1 Å². The molecule has 1 N–H and O–H groups in total. The molecule has 4 aromatic rings. The van der Waals surface area contributed by atoms with E-state index in [1.807, 2.05) is 24.3 Å². The van der Waals surface area contributed by atoms with Crippen LogP contribution in [0.3, 0.4) is 0 Å². The van der Waals surface area contributed by atoms with Crippen molar-refractivity contribution in [3.05, 3.63) is 84.2 Å². The fourth-order valence-electron chi connectivity index (χ4n) is 3.11.